The number of halogens is 1. The third-order valence-electron chi connectivity index (χ3n) is 5.60. The van der Waals surface area contributed by atoms with E-state index in [9.17, 15) is 18.8 Å². The van der Waals surface area contributed by atoms with Crippen molar-refractivity contribution >= 4 is 17.4 Å². The fraction of sp³-hybridized carbons (Fsp3) is 0.192. The normalized spacial score (nSPS) is 10.9. The molecule has 1 amide bonds. The predicted molar refractivity (Wildman–Crippen MR) is 134 cm³/mol. The van der Waals surface area contributed by atoms with E-state index in [1.807, 2.05) is 30.3 Å². The van der Waals surface area contributed by atoms with E-state index < -0.39 is 23.0 Å². The minimum Gasteiger partial charge on any atom is -0.451 e. The fourth-order valence-corrected chi connectivity index (χ4v) is 3.83. The third kappa shape index (κ3) is 5.13. The first-order valence-corrected chi connectivity index (χ1v) is 11.2. The van der Waals surface area contributed by atoms with Gasteiger partial charge in [-0.05, 0) is 36.2 Å². The van der Waals surface area contributed by atoms with E-state index in [0.29, 0.717) is 13.0 Å². The lowest BCUT2D eigenvalue weighted by atomic mass is 10.1. The summed E-state index contributed by atoms with van der Waals surface area (Å²) in [4.78, 5) is 42.4. The van der Waals surface area contributed by atoms with Gasteiger partial charge in [0.1, 0.15) is 17.4 Å². The van der Waals surface area contributed by atoms with Crippen LogP contribution >= 0.6 is 0 Å². The van der Waals surface area contributed by atoms with Gasteiger partial charge in [0.05, 0.1) is 12.1 Å². The van der Waals surface area contributed by atoms with Crippen LogP contribution in [-0.2, 0) is 11.3 Å². The number of aromatic amines is 1. The molecule has 0 saturated carbocycles. The molecule has 0 spiro atoms. The van der Waals surface area contributed by atoms with Gasteiger partial charge in [-0.1, -0.05) is 42.5 Å². The molecule has 4 rings (SSSR count). The first-order valence-electron chi connectivity index (χ1n) is 11.2. The van der Waals surface area contributed by atoms with Crippen molar-refractivity contribution in [3.05, 3.63) is 105 Å². The molecular weight excluding hydrogens is 467 g/mol. The Hall–Kier alpha value is -4.44. The highest BCUT2D eigenvalue weighted by Gasteiger charge is 2.27. The van der Waals surface area contributed by atoms with Crippen molar-refractivity contribution in [3.8, 4) is 11.3 Å². The Morgan fingerprint density at radius 2 is 1.81 bits per heavy atom. The standard InChI is InChI=1S/C26H25FN4O5/c1-35-15-7-14-30(25(33)21-13-12-20(36-21)18-10-5-6-11-19(18)27)22-23(28)31(26(34)29-24(22)32)16-17-8-3-2-4-9-17/h2-6,8-13H,7,14-16,28H2,1H3,(H,29,32,34). The number of anilines is 2. The minimum atomic E-state index is -0.812. The summed E-state index contributed by atoms with van der Waals surface area (Å²) in [6, 6.07) is 18.0. The Morgan fingerprint density at radius 1 is 1.08 bits per heavy atom. The summed E-state index contributed by atoms with van der Waals surface area (Å²) >= 11 is 0. The molecule has 9 nitrogen and oxygen atoms in total. The molecule has 0 aliphatic rings. The summed E-state index contributed by atoms with van der Waals surface area (Å²) in [5, 5.41) is 0. The van der Waals surface area contributed by atoms with E-state index in [-0.39, 0.29) is 41.7 Å². The van der Waals surface area contributed by atoms with Crippen molar-refractivity contribution in [3.63, 3.8) is 0 Å². The molecule has 36 heavy (non-hydrogen) atoms. The van der Waals surface area contributed by atoms with E-state index in [4.69, 9.17) is 14.9 Å². The maximum absolute atomic E-state index is 14.2. The van der Waals surface area contributed by atoms with Gasteiger partial charge in [0, 0.05) is 20.3 Å². The van der Waals surface area contributed by atoms with Crippen LogP contribution in [0.25, 0.3) is 11.3 Å². The van der Waals surface area contributed by atoms with Crippen LogP contribution in [0, 0.1) is 5.82 Å². The van der Waals surface area contributed by atoms with E-state index in [2.05, 4.69) is 4.98 Å². The van der Waals surface area contributed by atoms with Crippen LogP contribution < -0.4 is 21.9 Å². The van der Waals surface area contributed by atoms with Gasteiger partial charge in [-0.2, -0.15) is 0 Å². The molecule has 0 unspecified atom stereocenters. The summed E-state index contributed by atoms with van der Waals surface area (Å²) in [6.07, 6.45) is 0.375. The highest BCUT2D eigenvalue weighted by Crippen LogP contribution is 2.27. The van der Waals surface area contributed by atoms with Gasteiger partial charge in [0.2, 0.25) is 0 Å². The third-order valence-corrected chi connectivity index (χ3v) is 5.60. The van der Waals surface area contributed by atoms with Crippen molar-refractivity contribution in [1.82, 2.24) is 9.55 Å². The number of hydrogen-bond donors (Lipinski definition) is 2. The monoisotopic (exact) mass is 492 g/mol. The fourth-order valence-electron chi connectivity index (χ4n) is 3.83. The second kappa shape index (κ2) is 10.9. The van der Waals surface area contributed by atoms with Crippen LogP contribution in [0.4, 0.5) is 15.9 Å². The molecule has 3 N–H and O–H groups in total. The van der Waals surface area contributed by atoms with Crippen molar-refractivity contribution in [1.29, 1.82) is 0 Å². The topological polar surface area (TPSA) is 124 Å². The highest BCUT2D eigenvalue weighted by atomic mass is 19.1. The Balaban J connectivity index is 1.75. The second-order valence-electron chi connectivity index (χ2n) is 8.01. The molecule has 4 aromatic rings. The van der Waals surface area contributed by atoms with Crippen LogP contribution in [0.5, 0.6) is 0 Å². The smallest absolute Gasteiger partial charge is 0.330 e. The van der Waals surface area contributed by atoms with Gasteiger partial charge >= 0.3 is 5.69 Å². The van der Waals surface area contributed by atoms with Gasteiger partial charge in [-0.3, -0.25) is 24.0 Å². The first-order chi connectivity index (χ1) is 17.4. The largest absolute Gasteiger partial charge is 0.451 e. The lowest BCUT2D eigenvalue weighted by molar-refractivity contribution is 0.0957. The summed E-state index contributed by atoms with van der Waals surface area (Å²) < 4.78 is 26.2. The number of rotatable bonds is 9. The number of carbonyl (C=O) groups is 1. The molecule has 2 heterocycles. The van der Waals surface area contributed by atoms with Crippen LogP contribution in [0.15, 0.2) is 80.7 Å². The molecule has 0 bridgehead atoms. The van der Waals surface area contributed by atoms with E-state index >= 15 is 0 Å². The summed E-state index contributed by atoms with van der Waals surface area (Å²) in [5.41, 5.74) is 5.58. The minimum absolute atomic E-state index is 0.0548. The Bertz CT molecular complexity index is 1480. The van der Waals surface area contributed by atoms with E-state index in [0.717, 1.165) is 10.5 Å². The number of H-pyrrole nitrogens is 1. The maximum Gasteiger partial charge on any atom is 0.330 e. The number of ether oxygens (including phenoxy) is 1. The molecular formula is C26H25FN4O5. The van der Waals surface area contributed by atoms with Gasteiger partial charge in [0.25, 0.3) is 11.5 Å². The number of nitrogens with zero attached hydrogens (tertiary/aromatic N) is 2. The Labute approximate surface area is 205 Å². The predicted octanol–water partition coefficient (Wildman–Crippen LogP) is 3.25. The van der Waals surface area contributed by atoms with Crippen LogP contribution in [0.3, 0.4) is 0 Å². The number of methoxy groups -OCH3 is 1. The van der Waals surface area contributed by atoms with Crippen LogP contribution in [0.2, 0.25) is 0 Å². The summed E-state index contributed by atoms with van der Waals surface area (Å²) in [6.45, 7) is 0.455. The zero-order chi connectivity index (χ0) is 25.7. The molecule has 10 heteroatoms. The Kier molecular flexibility index (Phi) is 7.45. The lowest BCUT2D eigenvalue weighted by Crippen LogP contribution is -2.42. The zero-order valence-corrected chi connectivity index (χ0v) is 19.6. The van der Waals surface area contributed by atoms with E-state index in [1.54, 1.807) is 12.1 Å². The van der Waals surface area contributed by atoms with Gasteiger partial charge in [-0.25, -0.2) is 9.18 Å². The quantitative estimate of drug-likeness (QED) is 0.346. The van der Waals surface area contributed by atoms with Crippen molar-refractivity contribution < 1.29 is 18.3 Å². The number of aromatic nitrogens is 2. The summed E-state index contributed by atoms with van der Waals surface area (Å²) in [7, 11) is 1.51. The summed E-state index contributed by atoms with van der Waals surface area (Å²) in [5.74, 6) is -1.30. The number of nitrogens with two attached hydrogens (primary N) is 1. The average molecular weight is 493 g/mol. The number of benzene rings is 2. The van der Waals surface area contributed by atoms with Gasteiger partial charge in [0.15, 0.2) is 11.4 Å². The lowest BCUT2D eigenvalue weighted by Gasteiger charge is -2.23. The van der Waals surface area contributed by atoms with E-state index in [1.165, 1.54) is 35.9 Å². The molecule has 2 aromatic heterocycles. The van der Waals surface area contributed by atoms with Crippen LogP contribution in [0.1, 0.15) is 22.5 Å². The molecule has 186 valence electrons. The average Bonchev–Trinajstić information content (AvgIpc) is 3.36. The molecule has 0 aliphatic carbocycles. The SMILES string of the molecule is COCCCN(C(=O)c1ccc(-c2ccccc2F)o1)c1c(N)n(Cc2ccccc2)c(=O)[nH]c1=O. The van der Waals surface area contributed by atoms with Gasteiger partial charge in [-0.15, -0.1) is 0 Å². The second-order valence-corrected chi connectivity index (χ2v) is 8.01. The molecule has 0 fully saturated rings. The van der Waals surface area contributed by atoms with Crippen molar-refractivity contribution in [2.45, 2.75) is 13.0 Å². The number of carbonyl (C=O) groups excluding carboxylic acids is 1. The molecule has 0 atom stereocenters. The number of hydrogen-bond acceptors (Lipinski definition) is 6. The van der Waals surface area contributed by atoms with Crippen molar-refractivity contribution in [2.75, 3.05) is 30.9 Å². The highest BCUT2D eigenvalue weighted by molar-refractivity contribution is 6.05. The van der Waals surface area contributed by atoms with Crippen molar-refractivity contribution in [2.24, 2.45) is 0 Å². The number of amides is 1. The Morgan fingerprint density at radius 3 is 2.53 bits per heavy atom. The number of furan rings is 1. The van der Waals surface area contributed by atoms with Gasteiger partial charge < -0.3 is 14.9 Å². The first kappa shape index (κ1) is 24.7. The number of nitrogens with one attached hydrogen (secondary N) is 1. The molecule has 0 radical (unpaired) electrons. The molecule has 0 aliphatic heterocycles. The number of nitrogen functional groups attached to an aromatic ring is 1. The van der Waals surface area contributed by atoms with Crippen LogP contribution in [-0.4, -0.2) is 35.7 Å². The zero-order valence-electron chi connectivity index (χ0n) is 19.6. The molecule has 2 aromatic carbocycles. The molecule has 0 saturated heterocycles. The maximum atomic E-state index is 14.2.